The number of pyridine rings is 1. The molecule has 0 radical (unpaired) electrons. The lowest BCUT2D eigenvalue weighted by Crippen LogP contribution is -1.96. The second kappa shape index (κ2) is 4.76. The van der Waals surface area contributed by atoms with Crippen LogP contribution in [-0.4, -0.2) is 4.98 Å². The van der Waals surface area contributed by atoms with E-state index in [-0.39, 0.29) is 5.88 Å². The number of benzene rings is 1. The first-order chi connectivity index (χ1) is 8.60. The lowest BCUT2D eigenvalue weighted by Gasteiger charge is -2.09. The molecule has 1 aromatic heterocycles. The van der Waals surface area contributed by atoms with E-state index in [2.05, 4.69) is 4.98 Å². The quantitative estimate of drug-likeness (QED) is 0.874. The largest absolute Gasteiger partial charge is 0.437 e. The van der Waals surface area contributed by atoms with Gasteiger partial charge in [0.1, 0.15) is 17.4 Å². The number of hydrogen-bond donors (Lipinski definition) is 1. The minimum Gasteiger partial charge on any atom is -0.437 e. The summed E-state index contributed by atoms with van der Waals surface area (Å²) in [5, 5.41) is 9.02. The Balaban J connectivity index is 2.40. The van der Waals surface area contributed by atoms with Gasteiger partial charge in [-0.3, -0.25) is 0 Å². The molecule has 4 heteroatoms. The Kier molecular flexibility index (Phi) is 3.16. The van der Waals surface area contributed by atoms with Crippen molar-refractivity contribution in [1.29, 1.82) is 5.26 Å². The molecule has 0 bridgehead atoms. The zero-order valence-electron chi connectivity index (χ0n) is 10.3. The molecule has 0 saturated carbocycles. The number of rotatable bonds is 2. The number of nitrogen functional groups attached to an aromatic ring is 1. The first-order valence-electron chi connectivity index (χ1n) is 5.51. The van der Waals surface area contributed by atoms with Crippen molar-refractivity contribution in [3.05, 3.63) is 47.2 Å². The van der Waals surface area contributed by atoms with Crippen molar-refractivity contribution in [2.24, 2.45) is 0 Å². The number of ether oxygens (including phenoxy) is 1. The van der Waals surface area contributed by atoms with Crippen LogP contribution in [0.1, 0.15) is 16.7 Å². The summed E-state index contributed by atoms with van der Waals surface area (Å²) in [6, 6.07) is 9.45. The van der Waals surface area contributed by atoms with Crippen LogP contribution >= 0.6 is 0 Å². The molecule has 1 aromatic carbocycles. The molecule has 90 valence electrons. The standard InChI is InChI=1S/C14H13N3O/c1-9-3-4-10(2)13(5-9)18-14-11(7-15)6-12(16)8-17-14/h3-6,8H,16H2,1-2H3. The van der Waals surface area contributed by atoms with Crippen LogP contribution in [0.4, 0.5) is 5.69 Å². The van der Waals surface area contributed by atoms with Crippen molar-refractivity contribution in [2.45, 2.75) is 13.8 Å². The van der Waals surface area contributed by atoms with Gasteiger partial charge in [-0.25, -0.2) is 4.98 Å². The molecule has 0 fully saturated rings. The third-order valence-electron chi connectivity index (χ3n) is 2.54. The van der Waals surface area contributed by atoms with Crippen LogP contribution in [0.3, 0.4) is 0 Å². The van der Waals surface area contributed by atoms with Gasteiger partial charge in [0, 0.05) is 0 Å². The molecule has 0 unspecified atom stereocenters. The Morgan fingerprint density at radius 1 is 1.28 bits per heavy atom. The topological polar surface area (TPSA) is 71.9 Å². The summed E-state index contributed by atoms with van der Waals surface area (Å²) < 4.78 is 5.68. The molecular weight excluding hydrogens is 226 g/mol. The molecule has 0 atom stereocenters. The van der Waals surface area contributed by atoms with Gasteiger partial charge >= 0.3 is 0 Å². The molecule has 2 aromatic rings. The average Bonchev–Trinajstić information content (AvgIpc) is 2.36. The molecule has 0 aliphatic rings. The highest BCUT2D eigenvalue weighted by atomic mass is 16.5. The van der Waals surface area contributed by atoms with E-state index in [9.17, 15) is 0 Å². The van der Waals surface area contributed by atoms with Gasteiger partial charge in [-0.15, -0.1) is 0 Å². The number of aromatic nitrogens is 1. The van der Waals surface area contributed by atoms with Gasteiger partial charge in [-0.1, -0.05) is 12.1 Å². The minimum absolute atomic E-state index is 0.278. The second-order valence-electron chi connectivity index (χ2n) is 4.10. The highest BCUT2D eigenvalue weighted by Crippen LogP contribution is 2.27. The number of nitrogens with zero attached hydrogens (tertiary/aromatic N) is 2. The van der Waals surface area contributed by atoms with Gasteiger partial charge in [-0.2, -0.15) is 5.26 Å². The van der Waals surface area contributed by atoms with Gasteiger partial charge < -0.3 is 10.5 Å². The number of nitrogens with two attached hydrogens (primary N) is 1. The van der Waals surface area contributed by atoms with Crippen LogP contribution in [0.25, 0.3) is 0 Å². The van der Waals surface area contributed by atoms with E-state index in [4.69, 9.17) is 15.7 Å². The summed E-state index contributed by atoms with van der Waals surface area (Å²) in [5.74, 6) is 0.976. The zero-order chi connectivity index (χ0) is 13.1. The highest BCUT2D eigenvalue weighted by molar-refractivity contribution is 5.50. The number of aryl methyl sites for hydroxylation is 2. The van der Waals surface area contributed by atoms with E-state index in [1.165, 1.54) is 6.20 Å². The van der Waals surface area contributed by atoms with Gasteiger partial charge in [0.15, 0.2) is 0 Å². The zero-order valence-corrected chi connectivity index (χ0v) is 10.3. The molecule has 2 rings (SSSR count). The van der Waals surface area contributed by atoms with Crippen molar-refractivity contribution in [1.82, 2.24) is 4.98 Å². The van der Waals surface area contributed by atoms with Crippen LogP contribution in [0, 0.1) is 25.2 Å². The van der Waals surface area contributed by atoms with Crippen LogP contribution in [0.15, 0.2) is 30.5 Å². The predicted octanol–water partition coefficient (Wildman–Crippen LogP) is 2.94. The first kappa shape index (κ1) is 11.9. The van der Waals surface area contributed by atoms with Crippen molar-refractivity contribution in [2.75, 3.05) is 5.73 Å². The maximum atomic E-state index is 9.02. The van der Waals surface area contributed by atoms with Gasteiger partial charge in [0.05, 0.1) is 11.9 Å². The van der Waals surface area contributed by atoms with Crippen LogP contribution in [0.5, 0.6) is 11.6 Å². The Hall–Kier alpha value is -2.54. The molecule has 18 heavy (non-hydrogen) atoms. The van der Waals surface area contributed by atoms with E-state index in [1.807, 2.05) is 38.1 Å². The lowest BCUT2D eigenvalue weighted by atomic mass is 10.1. The van der Waals surface area contributed by atoms with Crippen molar-refractivity contribution in [3.8, 4) is 17.7 Å². The predicted molar refractivity (Wildman–Crippen MR) is 69.4 cm³/mol. The SMILES string of the molecule is Cc1ccc(C)c(Oc2ncc(N)cc2C#N)c1. The summed E-state index contributed by atoms with van der Waals surface area (Å²) in [5.41, 5.74) is 8.43. The van der Waals surface area contributed by atoms with Crippen molar-refractivity contribution >= 4 is 5.69 Å². The lowest BCUT2D eigenvalue weighted by molar-refractivity contribution is 0.457. The highest BCUT2D eigenvalue weighted by Gasteiger charge is 2.08. The third-order valence-corrected chi connectivity index (χ3v) is 2.54. The van der Waals surface area contributed by atoms with Crippen molar-refractivity contribution < 1.29 is 4.74 Å². The fourth-order valence-corrected chi connectivity index (χ4v) is 1.55. The van der Waals surface area contributed by atoms with E-state index >= 15 is 0 Å². The first-order valence-corrected chi connectivity index (χ1v) is 5.51. The van der Waals surface area contributed by atoms with Gasteiger partial charge in [0.2, 0.25) is 5.88 Å². The number of nitriles is 1. The summed E-state index contributed by atoms with van der Waals surface area (Å²) in [7, 11) is 0. The Bertz CT molecular complexity index is 629. The maximum Gasteiger partial charge on any atom is 0.237 e. The molecule has 0 aliphatic heterocycles. The van der Waals surface area contributed by atoms with E-state index < -0.39 is 0 Å². The van der Waals surface area contributed by atoms with E-state index in [0.717, 1.165) is 11.1 Å². The summed E-state index contributed by atoms with van der Waals surface area (Å²) >= 11 is 0. The van der Waals surface area contributed by atoms with E-state index in [1.54, 1.807) is 6.07 Å². The molecule has 2 N–H and O–H groups in total. The Morgan fingerprint density at radius 2 is 2.06 bits per heavy atom. The maximum absolute atomic E-state index is 9.02. The van der Waals surface area contributed by atoms with Crippen molar-refractivity contribution in [3.63, 3.8) is 0 Å². The van der Waals surface area contributed by atoms with Crippen LogP contribution < -0.4 is 10.5 Å². The molecule has 4 nitrogen and oxygen atoms in total. The summed E-state index contributed by atoms with van der Waals surface area (Å²) in [4.78, 5) is 4.05. The molecule has 0 amide bonds. The third kappa shape index (κ3) is 2.41. The Labute approximate surface area is 106 Å². The van der Waals surface area contributed by atoms with Crippen LogP contribution in [0.2, 0.25) is 0 Å². The Morgan fingerprint density at radius 3 is 2.78 bits per heavy atom. The summed E-state index contributed by atoms with van der Waals surface area (Å²) in [6.45, 7) is 3.92. The molecule has 0 saturated heterocycles. The van der Waals surface area contributed by atoms with Crippen LogP contribution in [-0.2, 0) is 0 Å². The number of hydrogen-bond acceptors (Lipinski definition) is 4. The average molecular weight is 239 g/mol. The fourth-order valence-electron chi connectivity index (χ4n) is 1.55. The molecular formula is C14H13N3O. The van der Waals surface area contributed by atoms with E-state index in [0.29, 0.717) is 17.0 Å². The molecule has 0 spiro atoms. The minimum atomic E-state index is 0.278. The molecule has 1 heterocycles. The monoisotopic (exact) mass is 239 g/mol. The normalized spacial score (nSPS) is 9.83. The van der Waals surface area contributed by atoms with Gasteiger partial charge in [-0.05, 0) is 37.1 Å². The second-order valence-corrected chi connectivity index (χ2v) is 4.10. The number of anilines is 1. The smallest absolute Gasteiger partial charge is 0.237 e. The van der Waals surface area contributed by atoms with Gasteiger partial charge in [0.25, 0.3) is 0 Å². The molecule has 0 aliphatic carbocycles. The summed E-state index contributed by atoms with van der Waals surface area (Å²) in [6.07, 6.45) is 1.47. The fraction of sp³-hybridized carbons (Fsp3) is 0.143.